The maximum absolute atomic E-state index is 12.5. The van der Waals surface area contributed by atoms with E-state index in [1.807, 2.05) is 30.5 Å². The van der Waals surface area contributed by atoms with Crippen LogP contribution < -0.4 is 5.32 Å². The van der Waals surface area contributed by atoms with Gasteiger partial charge in [0.05, 0.1) is 21.9 Å². The number of thiophene rings is 1. The number of pyridine rings is 1. The molecule has 2 heterocycles. The number of nitrogens with zero attached hydrogens (tertiary/aromatic N) is 2. The van der Waals surface area contributed by atoms with Crippen LogP contribution in [-0.4, -0.2) is 22.4 Å². The van der Waals surface area contributed by atoms with Gasteiger partial charge in [-0.05, 0) is 54.3 Å². The Morgan fingerprint density at radius 2 is 2.00 bits per heavy atom. The Bertz CT molecular complexity index is 1050. The number of nitriles is 1. The smallest absolute Gasteiger partial charge is 0.221 e. The quantitative estimate of drug-likeness (QED) is 0.463. The lowest BCUT2D eigenvalue weighted by molar-refractivity contribution is -0.114. The first kappa shape index (κ1) is 19.8. The molecule has 3 rings (SSSR count). The van der Waals surface area contributed by atoms with Gasteiger partial charge < -0.3 is 5.32 Å². The Labute approximate surface area is 171 Å². The van der Waals surface area contributed by atoms with E-state index in [-0.39, 0.29) is 17.4 Å². The Morgan fingerprint density at radius 1 is 1.25 bits per heavy atom. The van der Waals surface area contributed by atoms with E-state index in [2.05, 4.69) is 16.4 Å². The first-order valence-electron chi connectivity index (χ1n) is 8.47. The number of anilines is 1. The number of amides is 1. The number of hydrogen-bond donors (Lipinski definition) is 1. The van der Waals surface area contributed by atoms with E-state index in [9.17, 15) is 14.9 Å². The third kappa shape index (κ3) is 4.66. The molecule has 0 fully saturated rings. The average Bonchev–Trinajstić information content (AvgIpc) is 3.20. The normalized spacial score (nSPS) is 10.3. The molecular formula is C21H17N3O2S2. The number of Topliss-reactive ketones (excluding diaryl/α,β-unsaturated/α-hetero) is 1. The highest BCUT2D eigenvalue weighted by Crippen LogP contribution is 2.30. The molecule has 5 nitrogen and oxygen atoms in total. The summed E-state index contributed by atoms with van der Waals surface area (Å²) in [6, 6.07) is 14.8. The first-order chi connectivity index (χ1) is 13.5. The highest BCUT2D eigenvalue weighted by molar-refractivity contribution is 8.00. The lowest BCUT2D eigenvalue weighted by Gasteiger charge is -2.09. The highest BCUT2D eigenvalue weighted by Gasteiger charge is 2.15. The lowest BCUT2D eigenvalue weighted by atomic mass is 10.1. The van der Waals surface area contributed by atoms with Crippen LogP contribution in [-0.2, 0) is 4.79 Å². The van der Waals surface area contributed by atoms with Gasteiger partial charge in [0, 0.05) is 18.2 Å². The van der Waals surface area contributed by atoms with Gasteiger partial charge in [-0.2, -0.15) is 5.26 Å². The van der Waals surface area contributed by atoms with E-state index >= 15 is 0 Å². The van der Waals surface area contributed by atoms with Crippen LogP contribution in [0.3, 0.4) is 0 Å². The van der Waals surface area contributed by atoms with Gasteiger partial charge in [-0.25, -0.2) is 4.98 Å². The zero-order valence-electron chi connectivity index (χ0n) is 15.4. The fourth-order valence-electron chi connectivity index (χ4n) is 2.59. The summed E-state index contributed by atoms with van der Waals surface area (Å²) >= 11 is 2.85. The van der Waals surface area contributed by atoms with Crippen LogP contribution in [0, 0.1) is 18.3 Å². The number of thioether (sulfide) groups is 1. The van der Waals surface area contributed by atoms with E-state index < -0.39 is 0 Å². The molecule has 7 heteroatoms. The fourth-order valence-corrected chi connectivity index (χ4v) is 4.23. The van der Waals surface area contributed by atoms with Crippen LogP contribution in [0.2, 0.25) is 0 Å². The molecule has 0 aliphatic carbocycles. The van der Waals surface area contributed by atoms with Crippen molar-refractivity contribution in [3.8, 4) is 16.6 Å². The summed E-state index contributed by atoms with van der Waals surface area (Å²) in [6.45, 7) is 3.31. The molecule has 140 valence electrons. The molecule has 0 radical (unpaired) electrons. The van der Waals surface area contributed by atoms with Crippen molar-refractivity contribution in [2.24, 2.45) is 0 Å². The number of benzene rings is 1. The largest absolute Gasteiger partial charge is 0.326 e. The van der Waals surface area contributed by atoms with Gasteiger partial charge in [0.15, 0.2) is 5.78 Å². The second kappa shape index (κ2) is 8.83. The van der Waals surface area contributed by atoms with Crippen molar-refractivity contribution in [1.82, 2.24) is 4.98 Å². The summed E-state index contributed by atoms with van der Waals surface area (Å²) in [6.07, 6.45) is 0. The zero-order chi connectivity index (χ0) is 20.1. The number of carbonyl (C=O) groups excluding carboxylic acids is 2. The minimum absolute atomic E-state index is 0.0655. The topological polar surface area (TPSA) is 82.8 Å². The molecule has 0 atom stereocenters. The summed E-state index contributed by atoms with van der Waals surface area (Å²) in [5, 5.41) is 14.7. The predicted molar refractivity (Wildman–Crippen MR) is 113 cm³/mol. The number of hydrogen-bond acceptors (Lipinski definition) is 6. The minimum atomic E-state index is -0.161. The summed E-state index contributed by atoms with van der Waals surface area (Å²) < 4.78 is 0. The van der Waals surface area contributed by atoms with Crippen molar-refractivity contribution in [3.05, 3.63) is 64.5 Å². The van der Waals surface area contributed by atoms with Gasteiger partial charge in [-0.15, -0.1) is 11.3 Å². The Balaban J connectivity index is 1.77. The average molecular weight is 408 g/mol. The van der Waals surface area contributed by atoms with E-state index in [0.717, 1.165) is 16.1 Å². The number of carbonyl (C=O) groups is 2. The van der Waals surface area contributed by atoms with Crippen LogP contribution >= 0.6 is 23.1 Å². The molecule has 0 aliphatic heterocycles. The molecule has 1 aromatic carbocycles. The molecule has 0 saturated carbocycles. The van der Waals surface area contributed by atoms with Crippen molar-refractivity contribution >= 4 is 40.5 Å². The zero-order valence-corrected chi connectivity index (χ0v) is 17.0. The second-order valence-corrected chi connectivity index (χ2v) is 7.98. The van der Waals surface area contributed by atoms with Crippen molar-refractivity contribution in [2.75, 3.05) is 11.1 Å². The van der Waals surface area contributed by atoms with Crippen molar-refractivity contribution in [1.29, 1.82) is 5.26 Å². The molecular weight excluding hydrogens is 390 g/mol. The molecule has 1 N–H and O–H groups in total. The van der Waals surface area contributed by atoms with Crippen LogP contribution in [0.25, 0.3) is 10.6 Å². The molecule has 0 bridgehead atoms. The van der Waals surface area contributed by atoms with Crippen molar-refractivity contribution in [3.63, 3.8) is 0 Å². The highest BCUT2D eigenvalue weighted by atomic mass is 32.2. The van der Waals surface area contributed by atoms with Crippen LogP contribution in [0.1, 0.15) is 28.4 Å². The van der Waals surface area contributed by atoms with Gasteiger partial charge in [-0.1, -0.05) is 17.8 Å². The molecule has 0 unspecified atom stereocenters. The second-order valence-electron chi connectivity index (χ2n) is 6.06. The number of ketones is 1. The monoisotopic (exact) mass is 407 g/mol. The summed E-state index contributed by atoms with van der Waals surface area (Å²) in [5.74, 6) is -0.0518. The summed E-state index contributed by atoms with van der Waals surface area (Å²) in [5.41, 5.74) is 3.34. The SMILES string of the molecule is CC(=O)Nc1ccc(C(=O)CSc2nc(-c3cccs3)cc(C)c2C#N)cc1. The molecule has 28 heavy (non-hydrogen) atoms. The Kier molecular flexibility index (Phi) is 6.24. The fraction of sp³-hybridized carbons (Fsp3) is 0.143. The Hall–Kier alpha value is -2.95. The molecule has 0 spiro atoms. The number of aromatic nitrogens is 1. The molecule has 0 saturated heterocycles. The van der Waals surface area contributed by atoms with E-state index in [1.165, 1.54) is 18.7 Å². The van der Waals surface area contributed by atoms with Crippen LogP contribution in [0.5, 0.6) is 0 Å². The van der Waals surface area contributed by atoms with Crippen LogP contribution in [0.15, 0.2) is 52.9 Å². The maximum atomic E-state index is 12.5. The molecule has 0 aliphatic rings. The predicted octanol–water partition coefficient (Wildman–Crippen LogP) is 4.92. The standard InChI is InChI=1S/C21H17N3O2S2/c1-13-10-18(20-4-3-9-27-20)24-21(17(13)11-22)28-12-19(26)15-5-7-16(8-6-15)23-14(2)25/h3-10H,12H2,1-2H3,(H,23,25). The summed E-state index contributed by atoms with van der Waals surface area (Å²) in [4.78, 5) is 29.2. The minimum Gasteiger partial charge on any atom is -0.326 e. The summed E-state index contributed by atoms with van der Waals surface area (Å²) in [7, 11) is 0. The molecule has 1 amide bonds. The van der Waals surface area contributed by atoms with E-state index in [0.29, 0.717) is 21.8 Å². The number of rotatable bonds is 6. The first-order valence-corrected chi connectivity index (χ1v) is 10.3. The molecule has 3 aromatic rings. The van der Waals surface area contributed by atoms with E-state index in [1.54, 1.807) is 35.6 Å². The van der Waals surface area contributed by atoms with Gasteiger partial charge in [-0.3, -0.25) is 9.59 Å². The number of aryl methyl sites for hydroxylation is 1. The van der Waals surface area contributed by atoms with Gasteiger partial charge in [0.25, 0.3) is 0 Å². The van der Waals surface area contributed by atoms with Crippen LogP contribution in [0.4, 0.5) is 5.69 Å². The number of nitrogens with one attached hydrogen (secondary N) is 1. The van der Waals surface area contributed by atoms with Crippen molar-refractivity contribution < 1.29 is 9.59 Å². The lowest BCUT2D eigenvalue weighted by Crippen LogP contribution is -2.07. The van der Waals surface area contributed by atoms with Crippen molar-refractivity contribution in [2.45, 2.75) is 18.9 Å². The Morgan fingerprint density at radius 3 is 2.61 bits per heavy atom. The maximum Gasteiger partial charge on any atom is 0.221 e. The van der Waals surface area contributed by atoms with Gasteiger partial charge in [0.1, 0.15) is 11.1 Å². The third-order valence-corrected chi connectivity index (χ3v) is 5.80. The third-order valence-electron chi connectivity index (χ3n) is 3.94. The molecule has 2 aromatic heterocycles. The van der Waals surface area contributed by atoms with Gasteiger partial charge in [0.2, 0.25) is 5.91 Å². The van der Waals surface area contributed by atoms with E-state index in [4.69, 9.17) is 0 Å². The van der Waals surface area contributed by atoms with Gasteiger partial charge >= 0.3 is 0 Å².